The van der Waals surface area contributed by atoms with Crippen LogP contribution in [0.5, 0.6) is 0 Å². The van der Waals surface area contributed by atoms with Crippen molar-refractivity contribution in [2.75, 3.05) is 24.3 Å². The molecule has 1 heterocycles. The van der Waals surface area contributed by atoms with Crippen LogP contribution < -0.4 is 15.5 Å². The van der Waals surface area contributed by atoms with E-state index in [0.717, 1.165) is 54.5 Å². The molecule has 3 aromatic rings. The van der Waals surface area contributed by atoms with Crippen LogP contribution in [-0.2, 0) is 12.7 Å². The summed E-state index contributed by atoms with van der Waals surface area (Å²) in [6.07, 6.45) is -1.06. The highest BCUT2D eigenvalue weighted by molar-refractivity contribution is 5.90. The summed E-state index contributed by atoms with van der Waals surface area (Å²) in [7, 11) is 3.91. The Morgan fingerprint density at radius 1 is 0.970 bits per heavy atom. The Hall–Kier alpha value is -2.94. The maximum Gasteiger partial charge on any atom is 0.419 e. The van der Waals surface area contributed by atoms with Crippen LogP contribution in [0.3, 0.4) is 0 Å². The van der Waals surface area contributed by atoms with Gasteiger partial charge in [0.05, 0.1) is 11.1 Å². The first kappa shape index (κ1) is 23.2. The molecule has 0 saturated heterocycles. The Bertz CT molecular complexity index is 1110. The Kier molecular flexibility index (Phi) is 6.69. The van der Waals surface area contributed by atoms with Crippen LogP contribution in [0.1, 0.15) is 36.8 Å². The van der Waals surface area contributed by atoms with Crippen molar-refractivity contribution in [1.29, 1.82) is 0 Å². The van der Waals surface area contributed by atoms with Crippen molar-refractivity contribution in [3.63, 3.8) is 0 Å². The standard InChI is InChI=1S/C24H27F4N5/c1-33(2)22-18-5-3-4-6-21(18)31-23(32-22)30-17-10-8-16(9-11-17)29-14-15-7-12-19(20(25)13-15)24(26,27)28/h3-7,12-13,16-17,29H,8-11,14H2,1-2H3,(H,30,31,32)/t16-,17+. The molecule has 9 heteroatoms. The number of aromatic nitrogens is 2. The number of para-hydroxylation sites is 1. The van der Waals surface area contributed by atoms with Gasteiger partial charge in [0.15, 0.2) is 0 Å². The van der Waals surface area contributed by atoms with E-state index in [1.165, 1.54) is 6.07 Å². The number of nitrogens with one attached hydrogen (secondary N) is 2. The highest BCUT2D eigenvalue weighted by Gasteiger charge is 2.34. The van der Waals surface area contributed by atoms with Crippen molar-refractivity contribution in [3.8, 4) is 0 Å². The van der Waals surface area contributed by atoms with Crippen LogP contribution in [-0.4, -0.2) is 36.1 Å². The quantitative estimate of drug-likeness (QED) is 0.484. The summed E-state index contributed by atoms with van der Waals surface area (Å²) in [6.45, 7) is 0.331. The number of alkyl halides is 3. The Morgan fingerprint density at radius 3 is 2.33 bits per heavy atom. The normalized spacial score (nSPS) is 19.0. The topological polar surface area (TPSA) is 53.1 Å². The van der Waals surface area contributed by atoms with Crippen molar-refractivity contribution in [2.24, 2.45) is 0 Å². The van der Waals surface area contributed by atoms with E-state index in [9.17, 15) is 17.6 Å². The van der Waals surface area contributed by atoms with E-state index in [0.29, 0.717) is 18.1 Å². The van der Waals surface area contributed by atoms with Crippen LogP contribution in [0.2, 0.25) is 0 Å². The van der Waals surface area contributed by atoms with E-state index in [-0.39, 0.29) is 12.1 Å². The van der Waals surface area contributed by atoms with Gasteiger partial charge in [0.1, 0.15) is 11.6 Å². The highest BCUT2D eigenvalue weighted by atomic mass is 19.4. The second-order valence-corrected chi connectivity index (χ2v) is 8.67. The number of halogens is 4. The molecule has 4 rings (SSSR count). The fraction of sp³-hybridized carbons (Fsp3) is 0.417. The van der Waals surface area contributed by atoms with Gasteiger partial charge in [-0.15, -0.1) is 0 Å². The zero-order valence-electron chi connectivity index (χ0n) is 18.6. The van der Waals surface area contributed by atoms with E-state index in [1.54, 1.807) is 0 Å². The molecule has 1 aliphatic carbocycles. The van der Waals surface area contributed by atoms with Crippen LogP contribution >= 0.6 is 0 Å². The van der Waals surface area contributed by atoms with Gasteiger partial charge in [-0.3, -0.25) is 0 Å². The lowest BCUT2D eigenvalue weighted by atomic mass is 9.91. The summed E-state index contributed by atoms with van der Waals surface area (Å²) in [5.74, 6) is 0.235. The highest BCUT2D eigenvalue weighted by Crippen LogP contribution is 2.32. The second-order valence-electron chi connectivity index (χ2n) is 8.67. The van der Waals surface area contributed by atoms with Gasteiger partial charge < -0.3 is 15.5 Å². The SMILES string of the molecule is CN(C)c1nc(N[C@H]2CC[C@@H](NCc3ccc(C(F)(F)F)c(F)c3)CC2)nc2ccccc12. The van der Waals surface area contributed by atoms with Gasteiger partial charge in [0.2, 0.25) is 5.95 Å². The molecule has 5 nitrogen and oxygen atoms in total. The minimum Gasteiger partial charge on any atom is -0.362 e. The fourth-order valence-corrected chi connectivity index (χ4v) is 4.25. The summed E-state index contributed by atoms with van der Waals surface area (Å²) >= 11 is 0. The van der Waals surface area contributed by atoms with Gasteiger partial charge in [0, 0.05) is 38.1 Å². The van der Waals surface area contributed by atoms with Crippen molar-refractivity contribution in [1.82, 2.24) is 15.3 Å². The lowest BCUT2D eigenvalue weighted by Gasteiger charge is -2.30. The molecule has 2 aromatic carbocycles. The number of hydrogen-bond donors (Lipinski definition) is 2. The summed E-state index contributed by atoms with van der Waals surface area (Å²) in [5.41, 5.74) is 0.158. The van der Waals surface area contributed by atoms with Gasteiger partial charge in [-0.1, -0.05) is 18.2 Å². The minimum absolute atomic E-state index is 0.225. The molecule has 1 aliphatic rings. The number of benzene rings is 2. The van der Waals surface area contributed by atoms with Crippen LogP contribution in [0.15, 0.2) is 42.5 Å². The molecule has 176 valence electrons. The summed E-state index contributed by atoms with van der Waals surface area (Å²) in [5, 5.41) is 7.80. The number of rotatable bonds is 6. The zero-order valence-corrected chi connectivity index (χ0v) is 18.6. The molecule has 1 saturated carbocycles. The van der Waals surface area contributed by atoms with Crippen LogP contribution in [0.4, 0.5) is 29.3 Å². The van der Waals surface area contributed by atoms with E-state index in [1.807, 2.05) is 43.3 Å². The molecule has 0 bridgehead atoms. The largest absolute Gasteiger partial charge is 0.419 e. The minimum atomic E-state index is -4.68. The predicted octanol–water partition coefficient (Wildman–Crippen LogP) is 5.37. The predicted molar refractivity (Wildman–Crippen MR) is 122 cm³/mol. The van der Waals surface area contributed by atoms with E-state index < -0.39 is 17.6 Å². The Labute approximate surface area is 190 Å². The molecular weight excluding hydrogens is 434 g/mol. The number of anilines is 2. The average molecular weight is 462 g/mol. The molecular formula is C24H27F4N5. The van der Waals surface area contributed by atoms with Crippen LogP contribution in [0.25, 0.3) is 10.9 Å². The summed E-state index contributed by atoms with van der Waals surface area (Å²) in [6, 6.07) is 11.5. The molecule has 0 aliphatic heterocycles. The molecule has 0 radical (unpaired) electrons. The van der Waals surface area contributed by atoms with Gasteiger partial charge in [-0.2, -0.15) is 18.2 Å². The van der Waals surface area contributed by atoms with Crippen molar-refractivity contribution in [2.45, 2.75) is 50.5 Å². The summed E-state index contributed by atoms with van der Waals surface area (Å²) in [4.78, 5) is 11.3. The molecule has 0 atom stereocenters. The first-order valence-corrected chi connectivity index (χ1v) is 11.0. The molecule has 0 amide bonds. The fourth-order valence-electron chi connectivity index (χ4n) is 4.25. The lowest BCUT2D eigenvalue weighted by molar-refractivity contribution is -0.140. The zero-order chi connectivity index (χ0) is 23.6. The molecule has 0 unspecified atom stereocenters. The number of fused-ring (bicyclic) bond motifs is 1. The first-order chi connectivity index (χ1) is 15.7. The van der Waals surface area contributed by atoms with Crippen molar-refractivity contribution >= 4 is 22.7 Å². The smallest absolute Gasteiger partial charge is 0.362 e. The maximum absolute atomic E-state index is 13.8. The van der Waals surface area contributed by atoms with Gasteiger partial charge >= 0.3 is 6.18 Å². The maximum atomic E-state index is 13.8. The average Bonchev–Trinajstić information content (AvgIpc) is 2.77. The Balaban J connectivity index is 1.32. The molecule has 33 heavy (non-hydrogen) atoms. The molecule has 0 spiro atoms. The molecule has 1 aromatic heterocycles. The number of nitrogens with zero attached hydrogens (tertiary/aromatic N) is 3. The summed E-state index contributed by atoms with van der Waals surface area (Å²) < 4.78 is 51.9. The van der Waals surface area contributed by atoms with E-state index in [2.05, 4.69) is 15.6 Å². The lowest BCUT2D eigenvalue weighted by Crippen LogP contribution is -2.37. The molecule has 1 fully saturated rings. The van der Waals surface area contributed by atoms with Crippen LogP contribution in [0, 0.1) is 5.82 Å². The van der Waals surface area contributed by atoms with Crippen molar-refractivity contribution < 1.29 is 17.6 Å². The third-order valence-corrected chi connectivity index (χ3v) is 6.00. The third-order valence-electron chi connectivity index (χ3n) is 6.00. The van der Waals surface area contributed by atoms with E-state index in [4.69, 9.17) is 4.98 Å². The van der Waals surface area contributed by atoms with Gasteiger partial charge in [0.25, 0.3) is 0 Å². The second kappa shape index (κ2) is 9.51. The van der Waals surface area contributed by atoms with Crippen molar-refractivity contribution in [3.05, 3.63) is 59.4 Å². The van der Waals surface area contributed by atoms with E-state index >= 15 is 0 Å². The Morgan fingerprint density at radius 2 is 1.67 bits per heavy atom. The molecule has 2 N–H and O–H groups in total. The first-order valence-electron chi connectivity index (χ1n) is 11.0. The number of hydrogen-bond acceptors (Lipinski definition) is 5. The third kappa shape index (κ3) is 5.52. The van der Waals surface area contributed by atoms with Gasteiger partial charge in [-0.05, 0) is 55.5 Å². The van der Waals surface area contributed by atoms with Gasteiger partial charge in [-0.25, -0.2) is 9.37 Å². The monoisotopic (exact) mass is 461 g/mol.